The van der Waals surface area contributed by atoms with E-state index in [1.54, 1.807) is 0 Å². The molecule has 1 aromatic carbocycles. The van der Waals surface area contributed by atoms with E-state index in [1.807, 2.05) is 6.07 Å². The zero-order chi connectivity index (χ0) is 14.5. The van der Waals surface area contributed by atoms with Gasteiger partial charge in [0.1, 0.15) is 0 Å². The minimum atomic E-state index is 0.297. The van der Waals surface area contributed by atoms with Crippen molar-refractivity contribution in [2.24, 2.45) is 0 Å². The smallest absolute Gasteiger partial charge is 0.0558 e. The molecule has 2 aliphatic heterocycles. The number of fused-ring (bicyclic) bond motifs is 2. The maximum Gasteiger partial charge on any atom is 0.0558 e. The zero-order valence-electron chi connectivity index (χ0n) is 12.6. The Hall–Kier alpha value is -1.16. The van der Waals surface area contributed by atoms with Gasteiger partial charge in [0.2, 0.25) is 0 Å². The molecule has 0 aromatic heterocycles. The predicted molar refractivity (Wildman–Crippen MR) is 87.1 cm³/mol. The van der Waals surface area contributed by atoms with Crippen LogP contribution in [-0.4, -0.2) is 47.8 Å². The van der Waals surface area contributed by atoms with Gasteiger partial charge in [-0.15, -0.1) is 0 Å². The number of aliphatic hydroxyl groups excluding tert-OH is 1. The fraction of sp³-hybridized carbons (Fsp3) is 0.556. The van der Waals surface area contributed by atoms with Crippen LogP contribution in [0.15, 0.2) is 36.4 Å². The summed E-state index contributed by atoms with van der Waals surface area (Å²) in [6.07, 6.45) is 9.48. The van der Waals surface area contributed by atoms with Gasteiger partial charge in [-0.1, -0.05) is 42.5 Å². The largest absolute Gasteiger partial charge is 0.395 e. The molecule has 3 nitrogen and oxygen atoms in total. The first-order valence-electron chi connectivity index (χ1n) is 8.18. The monoisotopic (exact) mass is 286 g/mol. The van der Waals surface area contributed by atoms with Gasteiger partial charge in [-0.05, 0) is 31.2 Å². The molecule has 0 radical (unpaired) electrons. The van der Waals surface area contributed by atoms with Crippen molar-refractivity contribution >= 4 is 6.08 Å². The van der Waals surface area contributed by atoms with E-state index in [2.05, 4.69) is 46.6 Å². The van der Waals surface area contributed by atoms with Crippen LogP contribution >= 0.6 is 0 Å². The number of hydrogen-bond acceptors (Lipinski definition) is 3. The second kappa shape index (κ2) is 7.21. The number of nitrogens with zero attached hydrogens (tertiary/aromatic N) is 1. The highest BCUT2D eigenvalue weighted by Crippen LogP contribution is 2.35. The topological polar surface area (TPSA) is 35.5 Å². The highest BCUT2D eigenvalue weighted by molar-refractivity contribution is 5.48. The van der Waals surface area contributed by atoms with Crippen LogP contribution in [0.1, 0.15) is 31.2 Å². The molecule has 114 valence electrons. The molecule has 21 heavy (non-hydrogen) atoms. The average Bonchev–Trinajstić information content (AvgIpc) is 2.75. The number of rotatable bonds is 6. The molecule has 2 fully saturated rings. The molecule has 0 saturated carbocycles. The zero-order valence-corrected chi connectivity index (χ0v) is 12.6. The number of aliphatic hydroxyl groups is 1. The lowest BCUT2D eigenvalue weighted by Crippen LogP contribution is -2.49. The van der Waals surface area contributed by atoms with E-state index in [-0.39, 0.29) is 0 Å². The van der Waals surface area contributed by atoms with Gasteiger partial charge in [0, 0.05) is 31.2 Å². The SMILES string of the molecule is OCCN1C2CCC1CC(NC/C=C/c1ccccc1)C2. The predicted octanol–water partition coefficient (Wildman–Crippen LogP) is 2.28. The fourth-order valence-electron chi connectivity index (χ4n) is 3.92. The number of nitrogens with one attached hydrogen (secondary N) is 1. The molecule has 2 aliphatic rings. The van der Waals surface area contributed by atoms with Crippen molar-refractivity contribution in [1.29, 1.82) is 0 Å². The molecular weight excluding hydrogens is 260 g/mol. The molecule has 0 amide bonds. The Kier molecular flexibility index (Phi) is 5.07. The molecule has 0 spiro atoms. The van der Waals surface area contributed by atoms with Gasteiger partial charge in [-0.3, -0.25) is 4.90 Å². The molecule has 3 rings (SSSR count). The molecule has 2 bridgehead atoms. The van der Waals surface area contributed by atoms with Crippen molar-refractivity contribution in [2.45, 2.75) is 43.8 Å². The molecule has 2 heterocycles. The van der Waals surface area contributed by atoms with Crippen LogP contribution in [0.2, 0.25) is 0 Å². The van der Waals surface area contributed by atoms with E-state index in [0.29, 0.717) is 24.7 Å². The first-order chi connectivity index (χ1) is 10.4. The third-order valence-corrected chi connectivity index (χ3v) is 4.88. The van der Waals surface area contributed by atoms with Crippen LogP contribution in [0.25, 0.3) is 6.08 Å². The maximum atomic E-state index is 9.16. The molecule has 0 aliphatic carbocycles. The van der Waals surface area contributed by atoms with Crippen LogP contribution < -0.4 is 5.32 Å². The van der Waals surface area contributed by atoms with Crippen LogP contribution in [0, 0.1) is 0 Å². The molecule has 1 aromatic rings. The van der Waals surface area contributed by atoms with E-state index in [9.17, 15) is 0 Å². The molecule has 2 atom stereocenters. The quantitative estimate of drug-likeness (QED) is 0.842. The lowest BCUT2D eigenvalue weighted by atomic mass is 9.97. The van der Waals surface area contributed by atoms with Gasteiger partial charge in [-0.2, -0.15) is 0 Å². The molecule has 2 unspecified atom stereocenters. The first kappa shape index (κ1) is 14.8. The Labute approximate surface area is 127 Å². The number of benzene rings is 1. The van der Waals surface area contributed by atoms with Gasteiger partial charge in [0.25, 0.3) is 0 Å². The van der Waals surface area contributed by atoms with Crippen LogP contribution in [-0.2, 0) is 0 Å². The summed E-state index contributed by atoms with van der Waals surface area (Å²) in [5.41, 5.74) is 1.26. The lowest BCUT2D eigenvalue weighted by Gasteiger charge is -2.38. The van der Waals surface area contributed by atoms with Crippen molar-refractivity contribution in [2.75, 3.05) is 19.7 Å². The fourth-order valence-corrected chi connectivity index (χ4v) is 3.92. The Morgan fingerprint density at radius 3 is 2.52 bits per heavy atom. The van der Waals surface area contributed by atoms with Crippen molar-refractivity contribution in [3.63, 3.8) is 0 Å². The summed E-state index contributed by atoms with van der Waals surface area (Å²) in [5, 5.41) is 12.8. The molecule has 2 saturated heterocycles. The van der Waals surface area contributed by atoms with E-state index in [0.717, 1.165) is 13.1 Å². The Morgan fingerprint density at radius 1 is 1.14 bits per heavy atom. The van der Waals surface area contributed by atoms with Gasteiger partial charge >= 0.3 is 0 Å². The standard InChI is InChI=1S/C18H26N2O/c21-12-11-20-17-8-9-18(20)14-16(13-17)19-10-4-7-15-5-2-1-3-6-15/h1-7,16-19,21H,8-14H2/b7-4+. The van der Waals surface area contributed by atoms with Crippen molar-refractivity contribution in [3.05, 3.63) is 42.0 Å². The second-order valence-electron chi connectivity index (χ2n) is 6.24. The molecule has 2 N–H and O–H groups in total. The Bertz CT molecular complexity index is 446. The summed E-state index contributed by atoms with van der Waals surface area (Å²) in [4.78, 5) is 2.53. The van der Waals surface area contributed by atoms with E-state index >= 15 is 0 Å². The van der Waals surface area contributed by atoms with Gasteiger partial charge in [0.05, 0.1) is 6.61 Å². The summed E-state index contributed by atoms with van der Waals surface area (Å²) < 4.78 is 0. The number of piperidine rings is 1. The minimum Gasteiger partial charge on any atom is -0.395 e. The van der Waals surface area contributed by atoms with Crippen molar-refractivity contribution < 1.29 is 5.11 Å². The van der Waals surface area contributed by atoms with Crippen LogP contribution in [0.5, 0.6) is 0 Å². The number of hydrogen-bond donors (Lipinski definition) is 2. The Morgan fingerprint density at radius 2 is 1.86 bits per heavy atom. The second-order valence-corrected chi connectivity index (χ2v) is 6.24. The van der Waals surface area contributed by atoms with Gasteiger partial charge in [-0.25, -0.2) is 0 Å². The van der Waals surface area contributed by atoms with Crippen molar-refractivity contribution in [1.82, 2.24) is 10.2 Å². The van der Waals surface area contributed by atoms with Crippen molar-refractivity contribution in [3.8, 4) is 0 Å². The molecular formula is C18H26N2O. The summed E-state index contributed by atoms with van der Waals surface area (Å²) in [5.74, 6) is 0. The Balaban J connectivity index is 1.44. The maximum absolute atomic E-state index is 9.16. The van der Waals surface area contributed by atoms with E-state index < -0.39 is 0 Å². The van der Waals surface area contributed by atoms with E-state index in [4.69, 9.17) is 5.11 Å². The highest BCUT2D eigenvalue weighted by Gasteiger charge is 2.39. The highest BCUT2D eigenvalue weighted by atomic mass is 16.3. The summed E-state index contributed by atoms with van der Waals surface area (Å²) in [6.45, 7) is 2.10. The van der Waals surface area contributed by atoms with Gasteiger partial charge in [0.15, 0.2) is 0 Å². The molecule has 3 heteroatoms. The normalized spacial score (nSPS) is 29.3. The van der Waals surface area contributed by atoms with Crippen LogP contribution in [0.4, 0.5) is 0 Å². The van der Waals surface area contributed by atoms with Gasteiger partial charge < -0.3 is 10.4 Å². The lowest BCUT2D eigenvalue weighted by molar-refractivity contribution is 0.0938. The van der Waals surface area contributed by atoms with E-state index in [1.165, 1.54) is 31.2 Å². The summed E-state index contributed by atoms with van der Waals surface area (Å²) in [6, 6.07) is 12.5. The summed E-state index contributed by atoms with van der Waals surface area (Å²) in [7, 11) is 0. The third-order valence-electron chi connectivity index (χ3n) is 4.88. The third kappa shape index (κ3) is 3.73. The average molecular weight is 286 g/mol. The minimum absolute atomic E-state index is 0.297. The van der Waals surface area contributed by atoms with Crippen LogP contribution in [0.3, 0.4) is 0 Å². The first-order valence-corrected chi connectivity index (χ1v) is 8.18. The summed E-state index contributed by atoms with van der Waals surface area (Å²) >= 11 is 0.